The lowest BCUT2D eigenvalue weighted by Crippen LogP contribution is -2.50. The molecule has 37 heavy (non-hydrogen) atoms. The molecule has 7 heteroatoms. The fourth-order valence-corrected chi connectivity index (χ4v) is 6.55. The molecule has 2 N–H and O–H groups in total. The first-order valence-electron chi connectivity index (χ1n) is 12.8. The van der Waals surface area contributed by atoms with E-state index in [0.717, 1.165) is 17.5 Å². The number of sulfonamides is 1. The van der Waals surface area contributed by atoms with Crippen LogP contribution < -0.4 is 10.5 Å². The zero-order chi connectivity index (χ0) is 26.6. The summed E-state index contributed by atoms with van der Waals surface area (Å²) in [6, 6.07) is 24.5. The van der Waals surface area contributed by atoms with E-state index in [1.165, 1.54) is 9.87 Å². The number of primary amides is 1. The second-order valence-corrected chi connectivity index (χ2v) is 12.3. The molecule has 4 rings (SSSR count). The Morgan fingerprint density at radius 2 is 1.73 bits per heavy atom. The van der Waals surface area contributed by atoms with Gasteiger partial charge in [0.2, 0.25) is 10.0 Å². The lowest BCUT2D eigenvalue weighted by Gasteiger charge is -2.36. The van der Waals surface area contributed by atoms with Crippen LogP contribution in [-0.4, -0.2) is 37.3 Å². The summed E-state index contributed by atoms with van der Waals surface area (Å²) in [6.45, 7) is 6.74. The summed E-state index contributed by atoms with van der Waals surface area (Å²) in [5, 5.41) is 0. The van der Waals surface area contributed by atoms with E-state index in [9.17, 15) is 13.2 Å². The third-order valence-electron chi connectivity index (χ3n) is 7.15. The molecule has 0 aromatic heterocycles. The van der Waals surface area contributed by atoms with E-state index >= 15 is 0 Å². The van der Waals surface area contributed by atoms with Crippen LogP contribution in [0.25, 0.3) is 11.1 Å². The number of benzene rings is 3. The van der Waals surface area contributed by atoms with Crippen LogP contribution in [0.5, 0.6) is 5.75 Å². The number of carbonyl (C=O) groups excluding carboxylic acids is 1. The Bertz CT molecular complexity index is 1320. The number of rotatable bonds is 9. The van der Waals surface area contributed by atoms with Crippen molar-refractivity contribution in [3.8, 4) is 16.9 Å². The van der Waals surface area contributed by atoms with Gasteiger partial charge in [0.05, 0.1) is 4.90 Å². The van der Waals surface area contributed by atoms with Crippen molar-refractivity contribution in [2.75, 3.05) is 13.1 Å². The second-order valence-electron chi connectivity index (χ2n) is 10.4. The molecule has 3 aromatic carbocycles. The van der Waals surface area contributed by atoms with Crippen LogP contribution in [0.4, 0.5) is 0 Å². The number of hydrogen-bond donors (Lipinski definition) is 1. The molecule has 1 aliphatic rings. The number of amides is 1. The van der Waals surface area contributed by atoms with Crippen molar-refractivity contribution in [3.63, 3.8) is 0 Å². The minimum Gasteiger partial charge on any atom is -0.478 e. The molecule has 1 aliphatic heterocycles. The maximum Gasteiger partial charge on any atom is 0.261 e. The Labute approximate surface area is 220 Å². The van der Waals surface area contributed by atoms with Gasteiger partial charge in [-0.25, -0.2) is 8.42 Å². The lowest BCUT2D eigenvalue weighted by atomic mass is 9.86. The minimum absolute atomic E-state index is 0.0588. The molecule has 0 radical (unpaired) electrons. The Kier molecular flexibility index (Phi) is 8.05. The molecule has 1 amide bonds. The van der Waals surface area contributed by atoms with Gasteiger partial charge in [0, 0.05) is 19.5 Å². The fraction of sp³-hybridized carbons (Fsp3) is 0.367. The third-order valence-corrected chi connectivity index (χ3v) is 9.01. The Hall–Kier alpha value is -3.16. The van der Waals surface area contributed by atoms with Gasteiger partial charge < -0.3 is 10.5 Å². The molecule has 1 saturated heterocycles. The highest BCUT2D eigenvalue weighted by Gasteiger charge is 2.39. The molecule has 2 atom stereocenters. The van der Waals surface area contributed by atoms with Crippen LogP contribution in [0, 0.1) is 5.92 Å². The summed E-state index contributed by atoms with van der Waals surface area (Å²) in [5.74, 6) is 0.369. The molecule has 196 valence electrons. The van der Waals surface area contributed by atoms with Gasteiger partial charge in [-0.2, -0.15) is 4.31 Å². The van der Waals surface area contributed by atoms with Crippen molar-refractivity contribution in [1.82, 2.24) is 4.31 Å². The minimum atomic E-state index is -3.71. The highest BCUT2D eigenvalue weighted by Crippen LogP contribution is 2.33. The summed E-state index contributed by atoms with van der Waals surface area (Å²) in [5.41, 5.74) is 7.60. The van der Waals surface area contributed by atoms with E-state index in [-0.39, 0.29) is 10.8 Å². The Balaban J connectivity index is 1.52. The van der Waals surface area contributed by atoms with E-state index in [0.29, 0.717) is 37.6 Å². The van der Waals surface area contributed by atoms with Crippen molar-refractivity contribution in [2.45, 2.75) is 56.4 Å². The number of nitrogens with two attached hydrogens (primary N) is 1. The van der Waals surface area contributed by atoms with Gasteiger partial charge in [-0.1, -0.05) is 68.4 Å². The number of ether oxygens (including phenoxy) is 1. The van der Waals surface area contributed by atoms with Crippen molar-refractivity contribution in [2.24, 2.45) is 11.7 Å². The SMILES string of the molecule is CC(C)c1ccc(-c2cccc(S(=O)(=O)N3CCCC(CC(C)(Oc4ccccc4)C(N)=O)C3)c2)cc1. The Morgan fingerprint density at radius 3 is 2.38 bits per heavy atom. The summed E-state index contributed by atoms with van der Waals surface area (Å²) < 4.78 is 34.9. The summed E-state index contributed by atoms with van der Waals surface area (Å²) in [6.07, 6.45) is 1.85. The molecule has 0 bridgehead atoms. The number of para-hydroxylation sites is 1. The van der Waals surface area contributed by atoms with Crippen molar-refractivity contribution in [1.29, 1.82) is 0 Å². The van der Waals surface area contributed by atoms with Crippen LogP contribution in [0.1, 0.15) is 51.5 Å². The number of nitrogens with zero attached hydrogens (tertiary/aromatic N) is 1. The topological polar surface area (TPSA) is 89.7 Å². The van der Waals surface area contributed by atoms with Gasteiger partial charge in [-0.05, 0) is 72.6 Å². The number of hydrogen-bond acceptors (Lipinski definition) is 4. The number of carbonyl (C=O) groups is 1. The molecule has 2 unspecified atom stereocenters. The van der Waals surface area contributed by atoms with Gasteiger partial charge in [0.15, 0.2) is 5.60 Å². The van der Waals surface area contributed by atoms with Gasteiger partial charge in [-0.15, -0.1) is 0 Å². The normalized spacial score (nSPS) is 18.3. The van der Waals surface area contributed by atoms with Crippen LogP contribution in [0.3, 0.4) is 0 Å². The third kappa shape index (κ3) is 6.22. The highest BCUT2D eigenvalue weighted by atomic mass is 32.2. The average molecular weight is 521 g/mol. The molecule has 1 fully saturated rings. The monoisotopic (exact) mass is 520 g/mol. The molecule has 0 saturated carbocycles. The quantitative estimate of drug-likeness (QED) is 0.398. The Morgan fingerprint density at radius 1 is 1.03 bits per heavy atom. The lowest BCUT2D eigenvalue weighted by molar-refractivity contribution is -0.133. The first kappa shape index (κ1) is 26.9. The van der Waals surface area contributed by atoms with Gasteiger partial charge in [-0.3, -0.25) is 4.79 Å². The molecule has 0 spiro atoms. The van der Waals surface area contributed by atoms with E-state index in [1.807, 2.05) is 36.4 Å². The standard InChI is InChI=1S/C30H36N2O4S/c1-22(2)24-14-16-25(17-15-24)26-10-7-13-28(19-26)37(34,35)32-18-8-9-23(21-32)20-30(3,29(31)33)36-27-11-5-4-6-12-27/h4-7,10-17,19,22-23H,8-9,18,20-21H2,1-3H3,(H2,31,33). The zero-order valence-corrected chi connectivity index (χ0v) is 22.6. The smallest absolute Gasteiger partial charge is 0.261 e. The number of piperidine rings is 1. The predicted octanol–water partition coefficient (Wildman–Crippen LogP) is 5.59. The van der Waals surface area contributed by atoms with E-state index in [2.05, 4.69) is 26.0 Å². The van der Waals surface area contributed by atoms with E-state index < -0.39 is 21.5 Å². The molecule has 0 aliphatic carbocycles. The highest BCUT2D eigenvalue weighted by molar-refractivity contribution is 7.89. The van der Waals surface area contributed by atoms with Crippen LogP contribution in [-0.2, 0) is 14.8 Å². The van der Waals surface area contributed by atoms with Gasteiger partial charge in [0.1, 0.15) is 5.75 Å². The van der Waals surface area contributed by atoms with Crippen LogP contribution >= 0.6 is 0 Å². The predicted molar refractivity (Wildman–Crippen MR) is 147 cm³/mol. The molecule has 6 nitrogen and oxygen atoms in total. The van der Waals surface area contributed by atoms with E-state index in [1.54, 1.807) is 37.3 Å². The summed E-state index contributed by atoms with van der Waals surface area (Å²) in [7, 11) is -3.71. The van der Waals surface area contributed by atoms with E-state index in [4.69, 9.17) is 10.5 Å². The first-order valence-corrected chi connectivity index (χ1v) is 14.3. The molecular weight excluding hydrogens is 484 g/mol. The first-order chi connectivity index (χ1) is 17.6. The average Bonchev–Trinajstić information content (AvgIpc) is 2.89. The maximum absolute atomic E-state index is 13.7. The fourth-order valence-electron chi connectivity index (χ4n) is 4.95. The molecule has 3 aromatic rings. The van der Waals surface area contributed by atoms with Crippen molar-refractivity contribution < 1.29 is 17.9 Å². The second kappa shape index (κ2) is 11.1. The van der Waals surface area contributed by atoms with Crippen LogP contribution in [0.15, 0.2) is 83.8 Å². The summed E-state index contributed by atoms with van der Waals surface area (Å²) in [4.78, 5) is 12.7. The van der Waals surface area contributed by atoms with Crippen LogP contribution in [0.2, 0.25) is 0 Å². The maximum atomic E-state index is 13.7. The largest absolute Gasteiger partial charge is 0.478 e. The molecule has 1 heterocycles. The van der Waals surface area contributed by atoms with Gasteiger partial charge >= 0.3 is 0 Å². The van der Waals surface area contributed by atoms with Crippen molar-refractivity contribution >= 4 is 15.9 Å². The molecular formula is C30H36N2O4S. The summed E-state index contributed by atoms with van der Waals surface area (Å²) >= 11 is 0. The van der Waals surface area contributed by atoms with Crippen molar-refractivity contribution in [3.05, 3.63) is 84.4 Å². The van der Waals surface area contributed by atoms with Gasteiger partial charge in [0.25, 0.3) is 5.91 Å². The zero-order valence-electron chi connectivity index (χ0n) is 21.8.